The molecule has 2 N–H and O–H groups in total. The summed E-state index contributed by atoms with van der Waals surface area (Å²) in [6.45, 7) is 0. The van der Waals surface area contributed by atoms with Gasteiger partial charge in [-0.05, 0) is 36.5 Å². The van der Waals surface area contributed by atoms with Crippen LogP contribution in [0.2, 0.25) is 0 Å². The summed E-state index contributed by atoms with van der Waals surface area (Å²) in [5.74, 6) is -0.474. The first-order chi connectivity index (χ1) is 13.0. The third kappa shape index (κ3) is 4.85. The Labute approximate surface area is 161 Å². The number of nitrogens with one attached hydrogen (secondary N) is 2. The van der Waals surface area contributed by atoms with E-state index in [0.29, 0.717) is 11.4 Å². The number of para-hydroxylation sites is 2. The van der Waals surface area contributed by atoms with Crippen LogP contribution in [0.25, 0.3) is 0 Å². The molecule has 2 aromatic rings. The molecule has 0 unspecified atom stereocenters. The molecule has 0 aromatic heterocycles. The molecule has 0 atom stereocenters. The highest BCUT2D eigenvalue weighted by Gasteiger charge is 2.15. The molecule has 0 amide bonds. The van der Waals surface area contributed by atoms with Crippen LogP contribution in [-0.2, 0) is 0 Å². The smallest absolute Gasteiger partial charge is 0.191 e. The zero-order valence-electron chi connectivity index (χ0n) is 14.9. The van der Waals surface area contributed by atoms with Gasteiger partial charge in [0, 0.05) is 5.56 Å². The highest BCUT2D eigenvalue weighted by molar-refractivity contribution is 7.80. The maximum atomic E-state index is 11.5. The Morgan fingerprint density at radius 2 is 1.78 bits per heavy atom. The van der Waals surface area contributed by atoms with Crippen LogP contribution in [-0.4, -0.2) is 38.6 Å². The third-order valence-electron chi connectivity index (χ3n) is 3.51. The van der Waals surface area contributed by atoms with E-state index in [9.17, 15) is 9.90 Å². The number of carbonyl (C=O) groups is 1. The SMILES string of the molecule is COc1ccccc1NC(=S)N/N=C\c1ccc(OC)c(OC)c1C(=O)[O-]. The Morgan fingerprint density at radius 3 is 2.41 bits per heavy atom. The Balaban J connectivity index is 2.16. The van der Waals surface area contributed by atoms with Crippen LogP contribution in [0.15, 0.2) is 41.5 Å². The maximum absolute atomic E-state index is 11.5. The van der Waals surface area contributed by atoms with Gasteiger partial charge in [-0.2, -0.15) is 5.10 Å². The molecular weight excluding hydrogens is 370 g/mol. The monoisotopic (exact) mass is 388 g/mol. The maximum Gasteiger partial charge on any atom is 0.191 e. The zero-order chi connectivity index (χ0) is 19.8. The minimum absolute atomic E-state index is 0.0520. The number of hydrogen-bond acceptors (Lipinski definition) is 7. The standard InChI is InChI=1S/C18H19N3O5S/c1-24-13-7-5-4-6-12(13)20-18(27)21-19-10-11-8-9-14(25-2)16(26-3)15(11)17(22)23/h4-10H,1-3H3,(H,22,23)(H2,20,21,27)/p-1/b19-10-. The molecule has 0 aliphatic rings. The summed E-state index contributed by atoms with van der Waals surface area (Å²) in [7, 11) is 4.30. The van der Waals surface area contributed by atoms with Crippen LogP contribution in [0.4, 0.5) is 5.69 Å². The number of ether oxygens (including phenoxy) is 3. The van der Waals surface area contributed by atoms with E-state index in [1.165, 1.54) is 26.5 Å². The molecule has 0 aliphatic carbocycles. The Morgan fingerprint density at radius 1 is 1.07 bits per heavy atom. The minimum Gasteiger partial charge on any atom is -0.545 e. The van der Waals surface area contributed by atoms with Gasteiger partial charge >= 0.3 is 0 Å². The number of nitrogens with zero attached hydrogens (tertiary/aromatic N) is 1. The van der Waals surface area contributed by atoms with Crippen molar-refractivity contribution in [3.63, 3.8) is 0 Å². The van der Waals surface area contributed by atoms with Crippen molar-refractivity contribution < 1.29 is 24.1 Å². The van der Waals surface area contributed by atoms with E-state index in [1.54, 1.807) is 25.3 Å². The molecule has 0 radical (unpaired) electrons. The van der Waals surface area contributed by atoms with Crippen LogP contribution in [0, 0.1) is 0 Å². The number of hydrogen-bond donors (Lipinski definition) is 2. The summed E-state index contributed by atoms with van der Waals surface area (Å²) in [4.78, 5) is 11.5. The highest BCUT2D eigenvalue weighted by atomic mass is 32.1. The van der Waals surface area contributed by atoms with Crippen molar-refractivity contribution in [1.82, 2.24) is 5.43 Å². The fraction of sp³-hybridized carbons (Fsp3) is 0.167. The number of methoxy groups -OCH3 is 3. The van der Waals surface area contributed by atoms with Crippen LogP contribution >= 0.6 is 12.2 Å². The molecule has 2 aromatic carbocycles. The number of rotatable bonds is 7. The fourth-order valence-electron chi connectivity index (χ4n) is 2.32. The van der Waals surface area contributed by atoms with E-state index in [4.69, 9.17) is 26.4 Å². The van der Waals surface area contributed by atoms with Gasteiger partial charge in [0.05, 0.1) is 44.8 Å². The number of benzene rings is 2. The predicted octanol–water partition coefficient (Wildman–Crippen LogP) is 1.40. The van der Waals surface area contributed by atoms with Crippen molar-refractivity contribution in [3.8, 4) is 17.2 Å². The van der Waals surface area contributed by atoms with Gasteiger partial charge in [-0.25, -0.2) is 0 Å². The molecule has 0 saturated carbocycles. The van der Waals surface area contributed by atoms with Gasteiger partial charge in [0.25, 0.3) is 0 Å². The summed E-state index contributed by atoms with van der Waals surface area (Å²) in [5.41, 5.74) is 3.36. The number of carboxylic acid groups (broad SMARTS) is 1. The Bertz CT molecular complexity index is 870. The molecule has 0 bridgehead atoms. The molecule has 0 spiro atoms. The van der Waals surface area contributed by atoms with E-state index in [1.807, 2.05) is 12.1 Å². The lowest BCUT2D eigenvalue weighted by Gasteiger charge is -2.15. The molecule has 0 fully saturated rings. The van der Waals surface area contributed by atoms with Gasteiger partial charge in [0.15, 0.2) is 16.6 Å². The minimum atomic E-state index is -1.41. The first-order valence-corrected chi connectivity index (χ1v) is 8.12. The number of thiocarbonyl (C=S) groups is 1. The van der Waals surface area contributed by atoms with Crippen molar-refractivity contribution in [1.29, 1.82) is 0 Å². The van der Waals surface area contributed by atoms with Gasteiger partial charge in [-0.1, -0.05) is 12.1 Å². The van der Waals surface area contributed by atoms with Crippen molar-refractivity contribution in [3.05, 3.63) is 47.5 Å². The molecule has 0 heterocycles. The zero-order valence-corrected chi connectivity index (χ0v) is 15.8. The first-order valence-electron chi connectivity index (χ1n) is 7.71. The normalized spacial score (nSPS) is 10.3. The van der Waals surface area contributed by atoms with Gasteiger partial charge in [0.1, 0.15) is 5.75 Å². The van der Waals surface area contributed by atoms with Gasteiger partial charge in [0.2, 0.25) is 0 Å². The summed E-state index contributed by atoms with van der Waals surface area (Å²) in [6, 6.07) is 10.3. The number of aromatic carboxylic acids is 1. The van der Waals surface area contributed by atoms with Crippen molar-refractivity contribution in [2.24, 2.45) is 5.10 Å². The first kappa shape index (κ1) is 20.0. The number of carboxylic acids is 1. The molecule has 8 nitrogen and oxygen atoms in total. The van der Waals surface area contributed by atoms with Gasteiger partial charge < -0.3 is 29.4 Å². The number of hydrazone groups is 1. The van der Waals surface area contributed by atoms with Gasteiger partial charge in [-0.3, -0.25) is 5.43 Å². The van der Waals surface area contributed by atoms with Crippen LogP contribution in [0.1, 0.15) is 15.9 Å². The molecule has 2 rings (SSSR count). The summed E-state index contributed by atoms with van der Waals surface area (Å²) in [5, 5.41) is 18.6. The molecule has 9 heteroatoms. The summed E-state index contributed by atoms with van der Waals surface area (Å²) in [6.07, 6.45) is 1.29. The van der Waals surface area contributed by atoms with E-state index in [2.05, 4.69) is 15.8 Å². The lowest BCUT2D eigenvalue weighted by atomic mass is 10.1. The van der Waals surface area contributed by atoms with Crippen molar-refractivity contribution in [2.75, 3.05) is 26.6 Å². The molecule has 27 heavy (non-hydrogen) atoms. The number of anilines is 1. The second-order valence-corrected chi connectivity index (χ2v) is 5.49. The topological polar surface area (TPSA) is 104 Å². The van der Waals surface area contributed by atoms with Crippen LogP contribution < -0.4 is 30.1 Å². The van der Waals surface area contributed by atoms with Crippen LogP contribution in [0.3, 0.4) is 0 Å². The van der Waals surface area contributed by atoms with E-state index in [0.717, 1.165) is 0 Å². The van der Waals surface area contributed by atoms with Gasteiger partial charge in [-0.15, -0.1) is 0 Å². The van der Waals surface area contributed by atoms with Crippen LogP contribution in [0.5, 0.6) is 17.2 Å². The lowest BCUT2D eigenvalue weighted by molar-refractivity contribution is -0.255. The molecular formula is C18H18N3O5S-. The predicted molar refractivity (Wildman–Crippen MR) is 104 cm³/mol. The largest absolute Gasteiger partial charge is 0.545 e. The third-order valence-corrected chi connectivity index (χ3v) is 3.70. The van der Waals surface area contributed by atoms with E-state index < -0.39 is 5.97 Å². The van der Waals surface area contributed by atoms with E-state index >= 15 is 0 Å². The van der Waals surface area contributed by atoms with E-state index in [-0.39, 0.29) is 27.7 Å². The number of carbonyl (C=O) groups excluding carboxylic acids is 1. The summed E-state index contributed by atoms with van der Waals surface area (Å²) < 4.78 is 15.4. The lowest BCUT2D eigenvalue weighted by Crippen LogP contribution is -2.26. The highest BCUT2D eigenvalue weighted by Crippen LogP contribution is 2.32. The quantitative estimate of drug-likeness (QED) is 0.417. The second kappa shape index (κ2) is 9.39. The second-order valence-electron chi connectivity index (χ2n) is 5.08. The Kier molecular flexibility index (Phi) is 6.95. The molecule has 142 valence electrons. The van der Waals surface area contributed by atoms with Crippen molar-refractivity contribution >= 4 is 35.2 Å². The summed E-state index contributed by atoms with van der Waals surface area (Å²) >= 11 is 5.17. The average Bonchev–Trinajstić information content (AvgIpc) is 2.67. The average molecular weight is 388 g/mol. The molecule has 0 aliphatic heterocycles. The fourth-order valence-corrected chi connectivity index (χ4v) is 2.48. The molecule has 0 saturated heterocycles. The Hall–Kier alpha value is -3.33. The van der Waals surface area contributed by atoms with Crippen molar-refractivity contribution in [2.45, 2.75) is 0 Å².